The van der Waals surface area contributed by atoms with Crippen molar-refractivity contribution in [2.45, 2.75) is 44.7 Å². The molecule has 0 aliphatic carbocycles. The Kier molecular flexibility index (Phi) is 10.6. The Morgan fingerprint density at radius 1 is 1.29 bits per heavy atom. The van der Waals surface area contributed by atoms with Gasteiger partial charge in [-0.05, 0) is 31.5 Å². The van der Waals surface area contributed by atoms with Gasteiger partial charge in [0.2, 0.25) is 23.1 Å². The number of hydroxylamine groups is 2. The van der Waals surface area contributed by atoms with E-state index in [1.54, 1.807) is 12.1 Å². The van der Waals surface area contributed by atoms with Gasteiger partial charge in [0.15, 0.2) is 23.6 Å². The topological polar surface area (TPSA) is 232 Å². The Hall–Kier alpha value is -4.21. The molecule has 2 fully saturated rings. The second-order valence-electron chi connectivity index (χ2n) is 11.7. The molecule has 4 heterocycles. The number of hydrogen-bond donors (Lipinski definition) is 4. The molecule has 0 saturated carbocycles. The molecule has 3 aromatic rings. The number of nitrogen functional groups attached to an aromatic ring is 1. The van der Waals surface area contributed by atoms with Gasteiger partial charge in [-0.3, -0.25) is 9.59 Å². The van der Waals surface area contributed by atoms with Crippen LogP contribution < -0.4 is 31.5 Å². The number of anilines is 1. The molecule has 0 spiro atoms. The van der Waals surface area contributed by atoms with Gasteiger partial charge in [-0.1, -0.05) is 17.3 Å². The fourth-order valence-corrected chi connectivity index (χ4v) is 6.05. The van der Waals surface area contributed by atoms with Gasteiger partial charge < -0.3 is 36.2 Å². The molecule has 0 radical (unpaired) electrons. The normalized spacial score (nSPS) is 18.6. The van der Waals surface area contributed by atoms with Crippen LogP contribution in [0.3, 0.4) is 0 Å². The Bertz CT molecular complexity index is 1740. The standard InChI is InChI=1S/C28H36FN9O8S2/c1-28(2)24(26(40)38(28)46-48(41,42)43)34-25(39)23(22-16-47-27(31)33-22)35-45-8-7-44-21-5-3-18(4-6-21)19-13-36(12-17-10-32-11-17)37(14-19)15-20(29)9-30/h3-6,13-14,16-17,20,24,32H,7-12,15,30H2,1-2H3,(H3-,31,33,34,39,41,42,43)/b35-23-/t20?,24-/m1/s1. The van der Waals surface area contributed by atoms with Crippen LogP contribution in [-0.2, 0) is 42.2 Å². The zero-order chi connectivity index (χ0) is 34.6. The molecule has 5 rings (SSSR count). The molecular weight excluding hydrogens is 673 g/mol. The van der Waals surface area contributed by atoms with Crippen molar-refractivity contribution in [3.8, 4) is 16.9 Å². The minimum Gasteiger partial charge on any atom is -0.724 e. The Morgan fingerprint density at radius 2 is 2.02 bits per heavy atom. The number of hydrogen-bond acceptors (Lipinski definition) is 14. The minimum atomic E-state index is -5.21. The molecular formula is C28H36FN9O8S2. The number of nitrogens with one attached hydrogen (secondary N) is 2. The number of thiazole rings is 1. The van der Waals surface area contributed by atoms with Gasteiger partial charge >= 0.3 is 0 Å². The molecule has 0 bridgehead atoms. The van der Waals surface area contributed by atoms with Gasteiger partial charge in [-0.15, -0.1) is 16.0 Å². The molecule has 2 aromatic heterocycles. The largest absolute Gasteiger partial charge is 0.724 e. The smallest absolute Gasteiger partial charge is 0.276 e. The number of carbonyl (C=O) groups is 2. The quantitative estimate of drug-likeness (QED) is 0.0275. The number of benzene rings is 1. The van der Waals surface area contributed by atoms with E-state index in [4.69, 9.17) is 21.0 Å². The van der Waals surface area contributed by atoms with Crippen LogP contribution in [0.1, 0.15) is 19.5 Å². The second-order valence-corrected chi connectivity index (χ2v) is 13.6. The molecule has 260 valence electrons. The zero-order valence-electron chi connectivity index (χ0n) is 26.1. The molecule has 1 aromatic carbocycles. The number of halogens is 1. The van der Waals surface area contributed by atoms with Crippen LogP contribution in [-0.4, -0.2) is 95.8 Å². The van der Waals surface area contributed by atoms with Crippen molar-refractivity contribution in [3.63, 3.8) is 0 Å². The molecule has 2 aliphatic heterocycles. The maximum Gasteiger partial charge on any atom is 0.276 e. The SMILES string of the molecule is CC1(C)[C@H](NC(=O)/C(=N\OCCOc2ccc(-c3cn(CC4CNC4)[n+](CC(F)CN)c3)cc2)c2csc(N)n2)C(=O)N1OS(=O)(=O)[O-]. The van der Waals surface area contributed by atoms with Gasteiger partial charge in [0.05, 0.1) is 23.8 Å². The van der Waals surface area contributed by atoms with E-state index in [-0.39, 0.29) is 42.8 Å². The third kappa shape index (κ3) is 8.25. The number of nitrogens with zero attached hydrogens (tertiary/aromatic N) is 5. The molecule has 6 N–H and O–H groups in total. The number of oxime groups is 1. The van der Waals surface area contributed by atoms with Crippen LogP contribution in [0.2, 0.25) is 0 Å². The molecule has 2 saturated heterocycles. The Balaban J connectivity index is 1.17. The number of nitrogens with two attached hydrogens (primary N) is 2. The van der Waals surface area contributed by atoms with Crippen molar-refractivity contribution in [2.24, 2.45) is 16.8 Å². The van der Waals surface area contributed by atoms with Crippen LogP contribution in [0.5, 0.6) is 5.75 Å². The Morgan fingerprint density at radius 3 is 2.60 bits per heavy atom. The first-order chi connectivity index (χ1) is 22.7. The summed E-state index contributed by atoms with van der Waals surface area (Å²) in [5, 5.41) is 11.6. The molecule has 1 unspecified atom stereocenters. The predicted molar refractivity (Wildman–Crippen MR) is 169 cm³/mol. The first-order valence-electron chi connectivity index (χ1n) is 14.8. The molecule has 2 aliphatic rings. The third-order valence-electron chi connectivity index (χ3n) is 7.74. The summed E-state index contributed by atoms with van der Waals surface area (Å²) in [5.41, 5.74) is 11.5. The van der Waals surface area contributed by atoms with E-state index in [0.717, 1.165) is 42.1 Å². The highest BCUT2D eigenvalue weighted by Gasteiger charge is 2.57. The van der Waals surface area contributed by atoms with Gasteiger partial charge in [0, 0.05) is 30.9 Å². The molecule has 48 heavy (non-hydrogen) atoms. The Labute approximate surface area is 279 Å². The van der Waals surface area contributed by atoms with Crippen LogP contribution >= 0.6 is 11.3 Å². The van der Waals surface area contributed by atoms with Crippen molar-refractivity contribution < 1.29 is 45.5 Å². The van der Waals surface area contributed by atoms with E-state index >= 15 is 0 Å². The minimum absolute atomic E-state index is 0.0533. The highest BCUT2D eigenvalue weighted by molar-refractivity contribution is 7.80. The molecule has 17 nitrogen and oxygen atoms in total. The monoisotopic (exact) mass is 709 g/mol. The number of ether oxygens (including phenoxy) is 1. The molecule has 2 amide bonds. The number of amides is 2. The first kappa shape index (κ1) is 35.1. The summed E-state index contributed by atoms with van der Waals surface area (Å²) in [6.07, 6.45) is 2.75. The van der Waals surface area contributed by atoms with Crippen LogP contribution in [0.4, 0.5) is 9.52 Å². The van der Waals surface area contributed by atoms with Crippen molar-refractivity contribution in [1.82, 2.24) is 25.4 Å². The summed E-state index contributed by atoms with van der Waals surface area (Å²) in [4.78, 5) is 35.0. The number of alkyl halides is 1. The highest BCUT2D eigenvalue weighted by atomic mass is 32.3. The average molecular weight is 710 g/mol. The number of β-lactam (4-membered cyclic amide) rings is 1. The summed E-state index contributed by atoms with van der Waals surface area (Å²) >= 11 is 1.05. The lowest BCUT2D eigenvalue weighted by atomic mass is 9.84. The van der Waals surface area contributed by atoms with E-state index in [0.29, 0.717) is 16.7 Å². The summed E-state index contributed by atoms with van der Waals surface area (Å²) in [6, 6.07) is 6.10. The third-order valence-corrected chi connectivity index (χ3v) is 8.75. The maximum atomic E-state index is 14.1. The van der Waals surface area contributed by atoms with E-state index < -0.39 is 40.0 Å². The van der Waals surface area contributed by atoms with Crippen molar-refractivity contribution in [2.75, 3.05) is 38.6 Å². The number of rotatable bonds is 16. The maximum absolute atomic E-state index is 14.1. The van der Waals surface area contributed by atoms with Gasteiger partial charge in [-0.25, -0.2) is 17.8 Å². The molecule has 20 heteroatoms. The summed E-state index contributed by atoms with van der Waals surface area (Å²) < 4.78 is 60.9. The lowest BCUT2D eigenvalue weighted by Crippen LogP contribution is -2.76. The van der Waals surface area contributed by atoms with E-state index in [2.05, 4.69) is 25.1 Å². The van der Waals surface area contributed by atoms with Gasteiger partial charge in [0.1, 0.15) is 24.1 Å². The number of carbonyl (C=O) groups excluding carboxylic acids is 2. The van der Waals surface area contributed by atoms with E-state index in [1.165, 1.54) is 19.2 Å². The lowest BCUT2D eigenvalue weighted by molar-refractivity contribution is -0.779. The van der Waals surface area contributed by atoms with E-state index in [9.17, 15) is 27.0 Å². The first-order valence-corrected chi connectivity index (χ1v) is 17.1. The van der Waals surface area contributed by atoms with Gasteiger partial charge in [0.25, 0.3) is 11.8 Å². The predicted octanol–water partition coefficient (Wildman–Crippen LogP) is -0.705. The summed E-state index contributed by atoms with van der Waals surface area (Å²) in [5.74, 6) is -0.779. The molecule has 2 atom stereocenters. The highest BCUT2D eigenvalue weighted by Crippen LogP contribution is 2.33. The fourth-order valence-electron chi connectivity index (χ4n) is 5.05. The van der Waals surface area contributed by atoms with E-state index in [1.807, 2.05) is 33.9 Å². The van der Waals surface area contributed by atoms with Crippen molar-refractivity contribution in [3.05, 3.63) is 47.7 Å². The van der Waals surface area contributed by atoms with Crippen molar-refractivity contribution >= 4 is 44.4 Å². The van der Waals surface area contributed by atoms with Crippen molar-refractivity contribution in [1.29, 1.82) is 0 Å². The summed E-state index contributed by atoms with van der Waals surface area (Å²) in [7, 11) is -5.21. The zero-order valence-corrected chi connectivity index (χ0v) is 27.7. The fraction of sp³-hybridized carbons (Fsp3) is 0.464. The van der Waals surface area contributed by atoms with Crippen LogP contribution in [0, 0.1) is 5.92 Å². The van der Waals surface area contributed by atoms with Gasteiger partial charge in [-0.2, -0.15) is 14.0 Å². The average Bonchev–Trinajstić information content (AvgIpc) is 3.63. The number of aromatic nitrogens is 3. The van der Waals surface area contributed by atoms with Crippen LogP contribution in [0.25, 0.3) is 11.1 Å². The summed E-state index contributed by atoms with van der Waals surface area (Å²) in [6.45, 7) is 5.51. The van der Waals surface area contributed by atoms with Crippen LogP contribution in [0.15, 0.2) is 47.2 Å². The second kappa shape index (κ2) is 14.5. The lowest BCUT2D eigenvalue weighted by Gasteiger charge is -2.51.